The highest BCUT2D eigenvalue weighted by Crippen LogP contribution is 2.35. The summed E-state index contributed by atoms with van der Waals surface area (Å²) in [6.45, 7) is 0. The number of rotatable bonds is 3. The highest BCUT2D eigenvalue weighted by Gasteiger charge is 2.14. The lowest BCUT2D eigenvalue weighted by Gasteiger charge is -2.12. The highest BCUT2D eigenvalue weighted by molar-refractivity contribution is 6.28. The largest absolute Gasteiger partial charge is 0.226 e. The molecule has 0 amide bonds. The van der Waals surface area contributed by atoms with Gasteiger partial charge in [-0.2, -0.15) is 9.97 Å². The number of aromatic nitrogens is 3. The molecular formula is C25H16ClN3. The van der Waals surface area contributed by atoms with Crippen molar-refractivity contribution >= 4 is 22.4 Å². The van der Waals surface area contributed by atoms with Crippen LogP contribution in [-0.2, 0) is 0 Å². The van der Waals surface area contributed by atoms with Crippen LogP contribution in [0.1, 0.15) is 0 Å². The summed E-state index contributed by atoms with van der Waals surface area (Å²) in [5.74, 6) is 1.13. The molecule has 4 aromatic carbocycles. The lowest BCUT2D eigenvalue weighted by Crippen LogP contribution is -1.98. The average molecular weight is 394 g/mol. The second-order valence-electron chi connectivity index (χ2n) is 6.69. The topological polar surface area (TPSA) is 38.7 Å². The summed E-state index contributed by atoms with van der Waals surface area (Å²) in [5, 5.41) is 2.41. The van der Waals surface area contributed by atoms with E-state index in [1.165, 1.54) is 0 Å². The summed E-state index contributed by atoms with van der Waals surface area (Å²) >= 11 is 6.30. The van der Waals surface area contributed by atoms with Crippen molar-refractivity contribution in [2.24, 2.45) is 0 Å². The van der Waals surface area contributed by atoms with E-state index in [-0.39, 0.29) is 5.28 Å². The molecule has 0 bridgehead atoms. The molecule has 4 heteroatoms. The molecule has 0 unspecified atom stereocenters. The molecule has 5 rings (SSSR count). The highest BCUT2D eigenvalue weighted by atomic mass is 35.5. The molecule has 0 radical (unpaired) electrons. The molecule has 5 aromatic rings. The van der Waals surface area contributed by atoms with E-state index < -0.39 is 0 Å². The van der Waals surface area contributed by atoms with Crippen LogP contribution in [-0.4, -0.2) is 15.0 Å². The van der Waals surface area contributed by atoms with Gasteiger partial charge in [-0.1, -0.05) is 97.1 Å². The van der Waals surface area contributed by atoms with Crippen LogP contribution in [0.15, 0.2) is 97.1 Å². The van der Waals surface area contributed by atoms with Crippen LogP contribution in [0.3, 0.4) is 0 Å². The zero-order chi connectivity index (χ0) is 19.6. The lowest BCUT2D eigenvalue weighted by molar-refractivity contribution is 1.07. The number of benzene rings is 4. The molecule has 0 aliphatic carbocycles. The van der Waals surface area contributed by atoms with Crippen molar-refractivity contribution in [3.8, 4) is 33.9 Å². The van der Waals surface area contributed by atoms with Gasteiger partial charge in [-0.15, -0.1) is 0 Å². The quantitative estimate of drug-likeness (QED) is 0.343. The smallest absolute Gasteiger partial charge is 0.208 e. The van der Waals surface area contributed by atoms with Crippen LogP contribution in [0, 0.1) is 0 Å². The van der Waals surface area contributed by atoms with Crippen molar-refractivity contribution in [2.45, 2.75) is 0 Å². The van der Waals surface area contributed by atoms with Crippen LogP contribution in [0.5, 0.6) is 0 Å². The van der Waals surface area contributed by atoms with E-state index in [1.54, 1.807) is 0 Å². The zero-order valence-corrected chi connectivity index (χ0v) is 16.2. The Labute approximate surface area is 173 Å². The molecule has 0 N–H and O–H groups in total. The van der Waals surface area contributed by atoms with Crippen LogP contribution in [0.2, 0.25) is 5.28 Å². The molecular weight excluding hydrogens is 378 g/mol. The Hall–Kier alpha value is -3.56. The van der Waals surface area contributed by atoms with Crippen molar-refractivity contribution in [1.82, 2.24) is 15.0 Å². The Morgan fingerprint density at radius 3 is 1.76 bits per heavy atom. The molecule has 0 atom stereocenters. The third-order valence-electron chi connectivity index (χ3n) is 4.87. The van der Waals surface area contributed by atoms with Crippen LogP contribution >= 0.6 is 11.6 Å². The molecule has 0 saturated carbocycles. The number of hydrogen-bond acceptors (Lipinski definition) is 3. The third kappa shape index (κ3) is 3.37. The minimum atomic E-state index is 0.183. The first kappa shape index (κ1) is 17.5. The van der Waals surface area contributed by atoms with Gasteiger partial charge in [0.2, 0.25) is 5.28 Å². The van der Waals surface area contributed by atoms with E-state index in [1.807, 2.05) is 60.7 Å². The first-order valence-corrected chi connectivity index (χ1v) is 9.72. The number of hydrogen-bond donors (Lipinski definition) is 0. The second kappa shape index (κ2) is 7.46. The zero-order valence-electron chi connectivity index (χ0n) is 15.5. The Morgan fingerprint density at radius 2 is 1.07 bits per heavy atom. The molecule has 0 saturated heterocycles. The number of halogens is 1. The second-order valence-corrected chi connectivity index (χ2v) is 7.03. The van der Waals surface area contributed by atoms with Gasteiger partial charge >= 0.3 is 0 Å². The summed E-state index contributed by atoms with van der Waals surface area (Å²) in [4.78, 5) is 13.5. The normalized spacial score (nSPS) is 10.9. The molecule has 0 spiro atoms. The van der Waals surface area contributed by atoms with Crippen molar-refractivity contribution in [1.29, 1.82) is 0 Å². The number of fused-ring (bicyclic) bond motifs is 1. The van der Waals surface area contributed by atoms with Gasteiger partial charge in [-0.25, -0.2) is 4.98 Å². The van der Waals surface area contributed by atoms with E-state index in [0.717, 1.165) is 33.0 Å². The molecule has 0 fully saturated rings. The molecule has 1 heterocycles. The molecule has 1 aromatic heterocycles. The van der Waals surface area contributed by atoms with Crippen LogP contribution < -0.4 is 0 Å². The van der Waals surface area contributed by atoms with E-state index >= 15 is 0 Å². The van der Waals surface area contributed by atoms with E-state index in [2.05, 4.69) is 46.4 Å². The van der Waals surface area contributed by atoms with Gasteiger partial charge in [0.1, 0.15) is 0 Å². The van der Waals surface area contributed by atoms with Gasteiger partial charge in [0.15, 0.2) is 11.6 Å². The number of nitrogens with zero attached hydrogens (tertiary/aromatic N) is 3. The average Bonchev–Trinajstić information content (AvgIpc) is 2.79. The standard InChI is InChI=1S/C25H16ClN3/c26-25-28-23(19-11-5-2-6-12-19)27-24(29-25)21-16-8-14-18-13-7-15-20(22(18)21)17-9-3-1-4-10-17/h1-16H. The van der Waals surface area contributed by atoms with Crippen molar-refractivity contribution in [2.75, 3.05) is 0 Å². The minimum absolute atomic E-state index is 0.183. The molecule has 0 aliphatic rings. The van der Waals surface area contributed by atoms with Gasteiger partial charge < -0.3 is 0 Å². The van der Waals surface area contributed by atoms with Crippen molar-refractivity contribution in [3.63, 3.8) is 0 Å². The maximum absolute atomic E-state index is 6.30. The Kier molecular flexibility index (Phi) is 4.51. The predicted octanol–water partition coefficient (Wildman–Crippen LogP) is 6.68. The SMILES string of the molecule is Clc1nc(-c2ccccc2)nc(-c2cccc3cccc(-c4ccccc4)c23)n1. The summed E-state index contributed by atoms with van der Waals surface area (Å²) in [6, 6.07) is 32.6. The van der Waals surface area contributed by atoms with E-state index in [9.17, 15) is 0 Å². The van der Waals surface area contributed by atoms with Gasteiger partial charge in [-0.05, 0) is 28.1 Å². The fourth-order valence-corrected chi connectivity index (χ4v) is 3.73. The van der Waals surface area contributed by atoms with Gasteiger partial charge in [0.05, 0.1) is 0 Å². The molecule has 0 aliphatic heterocycles. The molecule has 138 valence electrons. The first-order chi connectivity index (χ1) is 14.3. The predicted molar refractivity (Wildman–Crippen MR) is 119 cm³/mol. The summed E-state index contributed by atoms with van der Waals surface area (Å²) in [7, 11) is 0. The fourth-order valence-electron chi connectivity index (χ4n) is 3.57. The molecule has 3 nitrogen and oxygen atoms in total. The van der Waals surface area contributed by atoms with E-state index in [0.29, 0.717) is 11.6 Å². The van der Waals surface area contributed by atoms with Crippen molar-refractivity contribution in [3.05, 3.63) is 102 Å². The Morgan fingerprint density at radius 1 is 0.483 bits per heavy atom. The Balaban J connectivity index is 1.78. The van der Waals surface area contributed by atoms with Gasteiger partial charge in [0.25, 0.3) is 0 Å². The fraction of sp³-hybridized carbons (Fsp3) is 0. The van der Waals surface area contributed by atoms with E-state index in [4.69, 9.17) is 16.6 Å². The van der Waals surface area contributed by atoms with Gasteiger partial charge in [-0.3, -0.25) is 0 Å². The summed E-state index contributed by atoms with van der Waals surface area (Å²) in [5.41, 5.74) is 4.12. The van der Waals surface area contributed by atoms with Crippen LogP contribution in [0.4, 0.5) is 0 Å². The maximum Gasteiger partial charge on any atom is 0.226 e. The van der Waals surface area contributed by atoms with Crippen LogP contribution in [0.25, 0.3) is 44.7 Å². The Bertz CT molecular complexity index is 1300. The minimum Gasteiger partial charge on any atom is -0.208 e. The first-order valence-electron chi connectivity index (χ1n) is 9.34. The third-order valence-corrected chi connectivity index (χ3v) is 5.04. The molecule has 29 heavy (non-hydrogen) atoms. The maximum atomic E-state index is 6.30. The summed E-state index contributed by atoms with van der Waals surface area (Å²) < 4.78 is 0. The summed E-state index contributed by atoms with van der Waals surface area (Å²) in [6.07, 6.45) is 0. The monoisotopic (exact) mass is 393 g/mol. The van der Waals surface area contributed by atoms with Gasteiger partial charge in [0, 0.05) is 16.5 Å². The lowest BCUT2D eigenvalue weighted by atomic mass is 9.94. The van der Waals surface area contributed by atoms with Crippen molar-refractivity contribution < 1.29 is 0 Å².